The number of rotatable bonds is 5. The first-order chi connectivity index (χ1) is 13.2. The molecule has 0 amide bonds. The number of nitrogens with zero attached hydrogens (tertiary/aromatic N) is 4. The highest BCUT2D eigenvalue weighted by molar-refractivity contribution is 6.30. The fourth-order valence-corrected chi connectivity index (χ4v) is 2.30. The third-order valence-electron chi connectivity index (χ3n) is 3.45. The molecule has 0 aliphatic heterocycles. The summed E-state index contributed by atoms with van der Waals surface area (Å²) in [6.07, 6.45) is -2.07. The lowest BCUT2D eigenvalue weighted by molar-refractivity contribution is -0.383. The molecule has 0 aliphatic carbocycles. The van der Waals surface area contributed by atoms with Crippen molar-refractivity contribution in [2.45, 2.75) is 6.18 Å². The Morgan fingerprint density at radius 3 is 2.14 bits per heavy atom. The predicted molar refractivity (Wildman–Crippen MR) is 95.9 cm³/mol. The minimum atomic E-state index is -4.48. The minimum Gasteiger partial charge on any atom is -0.334 e. The molecule has 0 spiro atoms. The van der Waals surface area contributed by atoms with Crippen LogP contribution in [0.1, 0.15) is 5.56 Å². The van der Waals surface area contributed by atoms with Crippen LogP contribution in [0.25, 0.3) is 0 Å². The first-order valence-corrected chi connectivity index (χ1v) is 7.94. The Kier molecular flexibility index (Phi) is 5.27. The first-order valence-electron chi connectivity index (χ1n) is 7.56. The summed E-state index contributed by atoms with van der Waals surface area (Å²) < 4.78 is 37.9. The molecule has 0 saturated heterocycles. The van der Waals surface area contributed by atoms with Crippen molar-refractivity contribution < 1.29 is 18.1 Å². The normalized spacial score (nSPS) is 11.1. The quantitative estimate of drug-likeness (QED) is 0.453. The minimum absolute atomic E-state index is 0.149. The summed E-state index contributed by atoms with van der Waals surface area (Å²) in [5.41, 5.74) is -1.16. The lowest BCUT2D eigenvalue weighted by Gasteiger charge is -2.11. The first kappa shape index (κ1) is 19.3. The Balaban J connectivity index is 1.91. The van der Waals surface area contributed by atoms with Gasteiger partial charge in [0.1, 0.15) is 12.1 Å². The van der Waals surface area contributed by atoms with Gasteiger partial charge in [0.2, 0.25) is 11.6 Å². The van der Waals surface area contributed by atoms with Gasteiger partial charge in [0.25, 0.3) is 0 Å². The van der Waals surface area contributed by atoms with Crippen LogP contribution in [-0.2, 0) is 6.18 Å². The van der Waals surface area contributed by atoms with E-state index in [1.807, 2.05) is 0 Å². The standard InChI is InChI=1S/C16H10ClF3N6O2/c17-10-3-6-12(21-7-10)25-15-13(26(27)28)14(22-8-23-15)24-11-4-1-9(2-5-11)16(18,19)20/h1-8H,(H2,21,22,23,24,25). The van der Waals surface area contributed by atoms with Gasteiger partial charge in [-0.2, -0.15) is 13.2 Å². The highest BCUT2D eigenvalue weighted by Gasteiger charge is 2.30. The fraction of sp³-hybridized carbons (Fsp3) is 0.0625. The molecule has 28 heavy (non-hydrogen) atoms. The van der Waals surface area contributed by atoms with Crippen molar-refractivity contribution in [2.24, 2.45) is 0 Å². The summed E-state index contributed by atoms with van der Waals surface area (Å²) >= 11 is 5.75. The molecule has 0 saturated carbocycles. The second-order valence-corrected chi connectivity index (χ2v) is 5.80. The van der Waals surface area contributed by atoms with Crippen LogP contribution in [0.3, 0.4) is 0 Å². The van der Waals surface area contributed by atoms with Crippen LogP contribution in [-0.4, -0.2) is 19.9 Å². The van der Waals surface area contributed by atoms with Crippen molar-refractivity contribution in [3.05, 3.63) is 69.6 Å². The molecule has 8 nitrogen and oxygen atoms in total. The molecule has 3 rings (SSSR count). The van der Waals surface area contributed by atoms with Gasteiger partial charge in [0.05, 0.1) is 15.5 Å². The van der Waals surface area contributed by atoms with Crippen LogP contribution >= 0.6 is 11.6 Å². The maximum Gasteiger partial charge on any atom is 0.416 e. The van der Waals surface area contributed by atoms with E-state index >= 15 is 0 Å². The molecule has 0 fully saturated rings. The van der Waals surface area contributed by atoms with E-state index in [1.165, 1.54) is 18.3 Å². The molecule has 2 heterocycles. The highest BCUT2D eigenvalue weighted by atomic mass is 35.5. The Hall–Kier alpha value is -3.47. The molecule has 0 atom stereocenters. The molecule has 1 aromatic carbocycles. The van der Waals surface area contributed by atoms with Crippen molar-refractivity contribution in [2.75, 3.05) is 10.6 Å². The summed E-state index contributed by atoms with van der Waals surface area (Å²) in [6, 6.07) is 7.02. The Bertz CT molecular complexity index is 997. The largest absolute Gasteiger partial charge is 0.416 e. The Morgan fingerprint density at radius 1 is 0.964 bits per heavy atom. The monoisotopic (exact) mass is 410 g/mol. The van der Waals surface area contributed by atoms with E-state index in [0.717, 1.165) is 30.6 Å². The molecule has 2 aromatic heterocycles. The number of aromatic nitrogens is 3. The number of nitro groups is 1. The van der Waals surface area contributed by atoms with Crippen molar-refractivity contribution in [3.8, 4) is 0 Å². The Morgan fingerprint density at radius 2 is 1.61 bits per heavy atom. The van der Waals surface area contributed by atoms with Gasteiger partial charge >= 0.3 is 11.9 Å². The number of benzene rings is 1. The van der Waals surface area contributed by atoms with Gasteiger partial charge in [0, 0.05) is 11.9 Å². The average Bonchev–Trinajstić information content (AvgIpc) is 2.63. The van der Waals surface area contributed by atoms with Crippen molar-refractivity contribution in [3.63, 3.8) is 0 Å². The summed E-state index contributed by atoms with van der Waals surface area (Å²) in [5.74, 6) is -0.0906. The van der Waals surface area contributed by atoms with Gasteiger partial charge in [-0.25, -0.2) is 15.0 Å². The number of alkyl halides is 3. The summed E-state index contributed by atoms with van der Waals surface area (Å²) in [7, 11) is 0. The van der Waals surface area contributed by atoms with E-state index in [2.05, 4.69) is 25.6 Å². The van der Waals surface area contributed by atoms with Crippen LogP contribution in [0.2, 0.25) is 5.02 Å². The number of hydrogen-bond acceptors (Lipinski definition) is 7. The van der Waals surface area contributed by atoms with Gasteiger partial charge in [0.15, 0.2) is 0 Å². The van der Waals surface area contributed by atoms with Crippen LogP contribution in [0.4, 0.5) is 42.0 Å². The second-order valence-electron chi connectivity index (χ2n) is 5.36. The van der Waals surface area contributed by atoms with Gasteiger partial charge in [-0.05, 0) is 36.4 Å². The zero-order chi connectivity index (χ0) is 20.3. The molecule has 3 aromatic rings. The third-order valence-corrected chi connectivity index (χ3v) is 3.68. The maximum atomic E-state index is 12.6. The smallest absolute Gasteiger partial charge is 0.334 e. The van der Waals surface area contributed by atoms with E-state index in [1.54, 1.807) is 0 Å². The molecular weight excluding hydrogens is 401 g/mol. The van der Waals surface area contributed by atoms with Crippen molar-refractivity contribution >= 4 is 40.4 Å². The Labute approximate surface area is 160 Å². The van der Waals surface area contributed by atoms with Crippen LogP contribution in [0.5, 0.6) is 0 Å². The van der Waals surface area contributed by atoms with Crippen molar-refractivity contribution in [1.82, 2.24) is 15.0 Å². The SMILES string of the molecule is O=[N+]([O-])c1c(Nc2ccc(C(F)(F)F)cc2)ncnc1Nc1ccc(Cl)cn1. The van der Waals surface area contributed by atoms with Gasteiger partial charge < -0.3 is 10.6 Å². The number of halogens is 4. The molecule has 0 radical (unpaired) electrons. The molecule has 0 bridgehead atoms. The summed E-state index contributed by atoms with van der Waals surface area (Å²) in [6.45, 7) is 0. The third kappa shape index (κ3) is 4.43. The lowest BCUT2D eigenvalue weighted by Crippen LogP contribution is -2.07. The second kappa shape index (κ2) is 7.64. The van der Waals surface area contributed by atoms with E-state index in [9.17, 15) is 23.3 Å². The number of anilines is 4. The van der Waals surface area contributed by atoms with Gasteiger partial charge in [-0.3, -0.25) is 10.1 Å². The number of nitrogens with one attached hydrogen (secondary N) is 2. The molecular formula is C16H10ClF3N6O2. The summed E-state index contributed by atoms with van der Waals surface area (Å²) in [5, 5.41) is 17.2. The van der Waals surface area contributed by atoms with Crippen LogP contribution in [0.15, 0.2) is 48.9 Å². The van der Waals surface area contributed by atoms with Crippen LogP contribution < -0.4 is 10.6 Å². The van der Waals surface area contributed by atoms with Gasteiger partial charge in [-0.1, -0.05) is 11.6 Å². The van der Waals surface area contributed by atoms with E-state index < -0.39 is 22.4 Å². The van der Waals surface area contributed by atoms with Crippen molar-refractivity contribution in [1.29, 1.82) is 0 Å². The number of hydrogen-bond donors (Lipinski definition) is 2. The molecule has 144 valence electrons. The highest BCUT2D eigenvalue weighted by Crippen LogP contribution is 2.34. The topological polar surface area (TPSA) is 106 Å². The average molecular weight is 411 g/mol. The van der Waals surface area contributed by atoms with E-state index in [0.29, 0.717) is 5.02 Å². The molecule has 2 N–H and O–H groups in total. The summed E-state index contributed by atoms with van der Waals surface area (Å²) in [4.78, 5) is 22.4. The molecule has 0 aliphatic rings. The zero-order valence-electron chi connectivity index (χ0n) is 13.7. The lowest BCUT2D eigenvalue weighted by atomic mass is 10.2. The fourth-order valence-electron chi connectivity index (χ4n) is 2.18. The van der Waals surface area contributed by atoms with Gasteiger partial charge in [-0.15, -0.1) is 0 Å². The van der Waals surface area contributed by atoms with E-state index in [-0.39, 0.29) is 23.1 Å². The predicted octanol–water partition coefficient (Wildman–Crippen LogP) is 4.94. The number of pyridine rings is 1. The maximum absolute atomic E-state index is 12.6. The molecule has 12 heteroatoms. The molecule has 0 unspecified atom stereocenters. The van der Waals surface area contributed by atoms with Crippen LogP contribution in [0, 0.1) is 10.1 Å². The van der Waals surface area contributed by atoms with E-state index in [4.69, 9.17) is 11.6 Å². The zero-order valence-corrected chi connectivity index (χ0v) is 14.5.